The third kappa shape index (κ3) is 5.45. The van der Waals surface area contributed by atoms with E-state index < -0.39 is 23.7 Å². The van der Waals surface area contributed by atoms with Gasteiger partial charge in [-0.05, 0) is 51.3 Å². The number of alkyl carbamates (subject to hydrolysis) is 1. The molecule has 0 saturated carbocycles. The number of nitrogens with one attached hydrogen (secondary N) is 1. The van der Waals surface area contributed by atoms with Crippen molar-refractivity contribution in [2.45, 2.75) is 45.3 Å². The maximum Gasteiger partial charge on any atom is 0.408 e. The van der Waals surface area contributed by atoms with E-state index in [0.717, 1.165) is 16.5 Å². The van der Waals surface area contributed by atoms with Gasteiger partial charge in [0.2, 0.25) is 0 Å². The van der Waals surface area contributed by atoms with E-state index >= 15 is 0 Å². The first-order valence-corrected chi connectivity index (χ1v) is 8.20. The number of carbonyl (C=O) groups is 2. The van der Waals surface area contributed by atoms with Crippen LogP contribution in [0.15, 0.2) is 36.5 Å². The number of aromatic nitrogens is 1. The molecule has 2 aromatic rings. The molecule has 2 rings (SSSR count). The first-order valence-electron chi connectivity index (χ1n) is 8.20. The number of aryl methyl sites for hydroxylation is 1. The standard InChI is InChI=1S/C19H24N2O4/c1-19(2,3)25-18(23)21-16(17(22)24-4)11-10-13-7-5-9-15-14(13)8-6-12-20-15/h5-9,12,16H,10-11H2,1-4H3,(H,21,23)/t16-/m0/s1. The summed E-state index contributed by atoms with van der Waals surface area (Å²) in [4.78, 5) is 28.3. The van der Waals surface area contributed by atoms with E-state index in [9.17, 15) is 9.59 Å². The number of methoxy groups -OCH3 is 1. The molecule has 0 spiro atoms. The quantitative estimate of drug-likeness (QED) is 0.843. The Morgan fingerprint density at radius 2 is 1.96 bits per heavy atom. The number of pyridine rings is 1. The van der Waals surface area contributed by atoms with Crippen molar-refractivity contribution in [1.29, 1.82) is 0 Å². The van der Waals surface area contributed by atoms with Crippen molar-refractivity contribution in [2.24, 2.45) is 0 Å². The Hall–Kier alpha value is -2.63. The molecule has 25 heavy (non-hydrogen) atoms. The lowest BCUT2D eigenvalue weighted by Crippen LogP contribution is -2.44. The van der Waals surface area contributed by atoms with Gasteiger partial charge in [-0.1, -0.05) is 18.2 Å². The first kappa shape index (κ1) is 18.7. The fourth-order valence-electron chi connectivity index (χ4n) is 2.53. The molecule has 1 amide bonds. The smallest absolute Gasteiger partial charge is 0.408 e. The number of nitrogens with zero attached hydrogens (tertiary/aromatic N) is 1. The number of esters is 1. The Bertz CT molecular complexity index is 747. The molecule has 0 fully saturated rings. The van der Waals surface area contributed by atoms with Crippen LogP contribution in [0.25, 0.3) is 10.9 Å². The highest BCUT2D eigenvalue weighted by Gasteiger charge is 2.25. The molecule has 134 valence electrons. The molecule has 0 saturated heterocycles. The van der Waals surface area contributed by atoms with Crippen LogP contribution in [0.1, 0.15) is 32.8 Å². The zero-order chi connectivity index (χ0) is 18.4. The van der Waals surface area contributed by atoms with Gasteiger partial charge in [0.25, 0.3) is 0 Å². The summed E-state index contributed by atoms with van der Waals surface area (Å²) in [6.07, 6.45) is 2.11. The van der Waals surface area contributed by atoms with Crippen LogP contribution in [-0.2, 0) is 20.7 Å². The second kappa shape index (κ2) is 7.96. The Morgan fingerprint density at radius 3 is 2.64 bits per heavy atom. The van der Waals surface area contributed by atoms with Gasteiger partial charge in [-0.15, -0.1) is 0 Å². The number of benzene rings is 1. The molecule has 6 nitrogen and oxygen atoms in total. The monoisotopic (exact) mass is 344 g/mol. The highest BCUT2D eigenvalue weighted by Crippen LogP contribution is 2.19. The van der Waals surface area contributed by atoms with E-state index in [-0.39, 0.29) is 0 Å². The fraction of sp³-hybridized carbons (Fsp3) is 0.421. The minimum absolute atomic E-state index is 0.403. The lowest BCUT2D eigenvalue weighted by Gasteiger charge is -2.22. The fourth-order valence-corrected chi connectivity index (χ4v) is 2.53. The number of hydrogen-bond acceptors (Lipinski definition) is 5. The SMILES string of the molecule is COC(=O)[C@H](CCc1cccc2ncccc12)NC(=O)OC(C)(C)C. The molecule has 0 aliphatic rings. The van der Waals surface area contributed by atoms with Crippen molar-refractivity contribution in [2.75, 3.05) is 7.11 Å². The van der Waals surface area contributed by atoms with E-state index in [0.29, 0.717) is 12.8 Å². The van der Waals surface area contributed by atoms with Crippen molar-refractivity contribution in [3.8, 4) is 0 Å². The van der Waals surface area contributed by atoms with Crippen molar-refractivity contribution in [3.05, 3.63) is 42.1 Å². The minimum Gasteiger partial charge on any atom is -0.467 e. The van der Waals surface area contributed by atoms with Gasteiger partial charge >= 0.3 is 12.1 Å². The number of ether oxygens (including phenoxy) is 2. The lowest BCUT2D eigenvalue weighted by molar-refractivity contribution is -0.143. The second-order valence-electron chi connectivity index (χ2n) is 6.75. The minimum atomic E-state index is -0.772. The second-order valence-corrected chi connectivity index (χ2v) is 6.75. The molecule has 0 aliphatic heterocycles. The largest absolute Gasteiger partial charge is 0.467 e. The molecule has 1 aromatic heterocycles. The lowest BCUT2D eigenvalue weighted by atomic mass is 10.0. The molecule has 1 N–H and O–H groups in total. The average Bonchev–Trinajstić information content (AvgIpc) is 2.56. The highest BCUT2D eigenvalue weighted by atomic mass is 16.6. The van der Waals surface area contributed by atoms with Crippen molar-refractivity contribution < 1.29 is 19.1 Å². The third-order valence-corrected chi connectivity index (χ3v) is 3.62. The van der Waals surface area contributed by atoms with Gasteiger partial charge in [-0.3, -0.25) is 4.98 Å². The Kier molecular flexibility index (Phi) is 5.96. The van der Waals surface area contributed by atoms with Gasteiger partial charge in [-0.25, -0.2) is 9.59 Å². The van der Waals surface area contributed by atoms with Crippen LogP contribution in [0.5, 0.6) is 0 Å². The zero-order valence-electron chi connectivity index (χ0n) is 15.0. The Morgan fingerprint density at radius 1 is 1.20 bits per heavy atom. The normalized spacial score (nSPS) is 12.5. The summed E-state index contributed by atoms with van der Waals surface area (Å²) in [5.74, 6) is -0.496. The number of hydrogen-bond donors (Lipinski definition) is 1. The van der Waals surface area contributed by atoms with E-state index in [2.05, 4.69) is 10.3 Å². The number of carbonyl (C=O) groups excluding carboxylic acids is 2. The van der Waals surface area contributed by atoms with Crippen LogP contribution >= 0.6 is 0 Å². The zero-order valence-corrected chi connectivity index (χ0v) is 15.0. The topological polar surface area (TPSA) is 77.5 Å². The summed E-state index contributed by atoms with van der Waals surface area (Å²) < 4.78 is 10.0. The van der Waals surface area contributed by atoms with Crippen LogP contribution in [-0.4, -0.2) is 35.8 Å². The van der Waals surface area contributed by atoms with Gasteiger partial charge in [0.05, 0.1) is 12.6 Å². The van der Waals surface area contributed by atoms with Gasteiger partial charge in [0.1, 0.15) is 11.6 Å². The van der Waals surface area contributed by atoms with E-state index in [1.807, 2.05) is 30.3 Å². The predicted molar refractivity (Wildman–Crippen MR) is 95.2 cm³/mol. The molecule has 0 unspecified atom stereocenters. The Balaban J connectivity index is 2.09. The molecule has 0 bridgehead atoms. The van der Waals surface area contributed by atoms with E-state index in [1.165, 1.54) is 7.11 Å². The van der Waals surface area contributed by atoms with Gasteiger partial charge < -0.3 is 14.8 Å². The predicted octanol–water partition coefficient (Wildman–Crippen LogP) is 3.23. The summed E-state index contributed by atoms with van der Waals surface area (Å²) in [6.45, 7) is 5.30. The molecule has 1 heterocycles. The molecule has 6 heteroatoms. The molecular weight excluding hydrogens is 320 g/mol. The van der Waals surface area contributed by atoms with Crippen molar-refractivity contribution in [1.82, 2.24) is 10.3 Å². The summed E-state index contributed by atoms with van der Waals surface area (Å²) in [5, 5.41) is 3.62. The summed E-state index contributed by atoms with van der Waals surface area (Å²) in [7, 11) is 1.30. The van der Waals surface area contributed by atoms with Crippen LogP contribution in [0.2, 0.25) is 0 Å². The van der Waals surface area contributed by atoms with Crippen LogP contribution < -0.4 is 5.32 Å². The van der Waals surface area contributed by atoms with Crippen LogP contribution in [0.3, 0.4) is 0 Å². The number of amides is 1. The molecular formula is C19H24N2O4. The van der Waals surface area contributed by atoms with Gasteiger partial charge in [-0.2, -0.15) is 0 Å². The molecule has 1 atom stereocenters. The van der Waals surface area contributed by atoms with Crippen LogP contribution in [0, 0.1) is 0 Å². The molecule has 0 aliphatic carbocycles. The molecule has 1 aromatic carbocycles. The van der Waals surface area contributed by atoms with E-state index in [4.69, 9.17) is 9.47 Å². The van der Waals surface area contributed by atoms with Crippen LogP contribution in [0.4, 0.5) is 4.79 Å². The maximum absolute atomic E-state index is 12.0. The van der Waals surface area contributed by atoms with E-state index in [1.54, 1.807) is 27.0 Å². The number of fused-ring (bicyclic) bond motifs is 1. The summed E-state index contributed by atoms with van der Waals surface area (Å²) in [6, 6.07) is 8.96. The summed E-state index contributed by atoms with van der Waals surface area (Å²) >= 11 is 0. The maximum atomic E-state index is 12.0. The van der Waals surface area contributed by atoms with Crippen molar-refractivity contribution >= 4 is 23.0 Å². The first-order chi connectivity index (χ1) is 11.8. The van der Waals surface area contributed by atoms with Gasteiger partial charge in [0, 0.05) is 11.6 Å². The number of rotatable bonds is 5. The highest BCUT2D eigenvalue weighted by molar-refractivity contribution is 5.83. The molecule has 0 radical (unpaired) electrons. The van der Waals surface area contributed by atoms with Crippen molar-refractivity contribution in [3.63, 3.8) is 0 Å². The third-order valence-electron chi connectivity index (χ3n) is 3.62. The Labute approximate surface area is 147 Å². The summed E-state index contributed by atoms with van der Waals surface area (Å²) in [5.41, 5.74) is 1.33. The average molecular weight is 344 g/mol. The van der Waals surface area contributed by atoms with Gasteiger partial charge in [0.15, 0.2) is 0 Å².